The van der Waals surface area contributed by atoms with Crippen LogP contribution in [0.5, 0.6) is 0 Å². The van der Waals surface area contributed by atoms with Gasteiger partial charge in [-0.15, -0.1) is 0 Å². The van der Waals surface area contributed by atoms with E-state index in [0.717, 1.165) is 16.7 Å². The molecule has 3 aromatic rings. The molecule has 0 fully saturated rings. The number of halogens is 1. The molecular formula is C26H28FN3O3. The number of nitrogens with one attached hydrogen (secondary N) is 2. The van der Waals surface area contributed by atoms with Crippen LogP contribution in [0.1, 0.15) is 26.3 Å². The molecule has 33 heavy (non-hydrogen) atoms. The van der Waals surface area contributed by atoms with Gasteiger partial charge in [0.15, 0.2) is 0 Å². The Kier molecular flexibility index (Phi) is 7.90. The van der Waals surface area contributed by atoms with Gasteiger partial charge in [0.2, 0.25) is 5.91 Å². The Morgan fingerprint density at radius 2 is 1.70 bits per heavy atom. The van der Waals surface area contributed by atoms with Gasteiger partial charge in [0.05, 0.1) is 12.6 Å². The summed E-state index contributed by atoms with van der Waals surface area (Å²) in [5, 5.41) is 5.90. The van der Waals surface area contributed by atoms with Gasteiger partial charge in [0.1, 0.15) is 11.4 Å². The van der Waals surface area contributed by atoms with E-state index in [1.165, 1.54) is 12.1 Å². The fraction of sp³-hybridized carbons (Fsp3) is 0.269. The number of esters is 1. The fourth-order valence-corrected chi connectivity index (χ4v) is 3.25. The first-order valence-corrected chi connectivity index (χ1v) is 10.7. The largest absolute Gasteiger partial charge is 0.459 e. The van der Waals surface area contributed by atoms with Crippen LogP contribution in [0.15, 0.2) is 73.1 Å². The van der Waals surface area contributed by atoms with Crippen molar-refractivity contribution in [3.8, 4) is 11.1 Å². The summed E-state index contributed by atoms with van der Waals surface area (Å²) in [6.07, 6.45) is 3.69. The van der Waals surface area contributed by atoms with Gasteiger partial charge in [-0.25, -0.2) is 4.39 Å². The van der Waals surface area contributed by atoms with Gasteiger partial charge in [-0.3, -0.25) is 19.9 Å². The number of benzene rings is 2. The van der Waals surface area contributed by atoms with Crippen molar-refractivity contribution in [3.63, 3.8) is 0 Å². The second-order valence-corrected chi connectivity index (χ2v) is 8.66. The molecule has 1 amide bonds. The lowest BCUT2D eigenvalue weighted by Crippen LogP contribution is -2.45. The molecule has 1 aromatic heterocycles. The van der Waals surface area contributed by atoms with Gasteiger partial charge in [0, 0.05) is 18.1 Å². The molecule has 0 spiro atoms. The first-order chi connectivity index (χ1) is 15.7. The maximum Gasteiger partial charge on any atom is 0.320 e. The first kappa shape index (κ1) is 24.1. The van der Waals surface area contributed by atoms with E-state index in [2.05, 4.69) is 15.6 Å². The minimum atomic E-state index is -0.729. The minimum absolute atomic E-state index is 0.131. The van der Waals surface area contributed by atoms with Crippen LogP contribution in [0.3, 0.4) is 0 Å². The number of aromatic nitrogens is 1. The molecule has 172 valence electrons. The number of amides is 1. The van der Waals surface area contributed by atoms with E-state index in [0.29, 0.717) is 5.69 Å². The van der Waals surface area contributed by atoms with Gasteiger partial charge in [0.25, 0.3) is 0 Å². The number of ether oxygens (including phenoxy) is 1. The highest BCUT2D eigenvalue weighted by Gasteiger charge is 2.22. The molecular weight excluding hydrogens is 421 g/mol. The van der Waals surface area contributed by atoms with Crippen molar-refractivity contribution in [2.24, 2.45) is 0 Å². The molecule has 1 unspecified atom stereocenters. The van der Waals surface area contributed by atoms with Crippen molar-refractivity contribution in [2.75, 3.05) is 11.9 Å². The summed E-state index contributed by atoms with van der Waals surface area (Å²) in [6, 6.07) is 16.4. The molecule has 2 N–H and O–H groups in total. The molecule has 0 aliphatic carbocycles. The smallest absolute Gasteiger partial charge is 0.320 e. The monoisotopic (exact) mass is 449 g/mol. The Bertz CT molecular complexity index is 1080. The van der Waals surface area contributed by atoms with E-state index in [1.54, 1.807) is 51.4 Å². The Balaban J connectivity index is 1.74. The van der Waals surface area contributed by atoms with Gasteiger partial charge >= 0.3 is 5.97 Å². The van der Waals surface area contributed by atoms with Crippen LogP contribution in [-0.2, 0) is 20.7 Å². The Morgan fingerprint density at radius 1 is 1.00 bits per heavy atom. The highest BCUT2D eigenvalue weighted by Crippen LogP contribution is 2.22. The van der Waals surface area contributed by atoms with Crippen molar-refractivity contribution >= 4 is 17.6 Å². The lowest BCUT2D eigenvalue weighted by Gasteiger charge is -2.22. The second kappa shape index (κ2) is 10.8. The standard InChI is InChI=1S/C26H28FN3O3/c1-26(2,3)33-24(31)17-29-23(15-18-7-9-21(27)10-8-18)25(32)30-22-6-4-5-20(16-22)19-11-13-28-14-12-19/h4-14,16,23,29H,15,17H2,1-3H3,(H,30,32). The molecule has 7 heteroatoms. The van der Waals surface area contributed by atoms with E-state index in [9.17, 15) is 14.0 Å². The number of hydrogen-bond donors (Lipinski definition) is 2. The predicted molar refractivity (Wildman–Crippen MR) is 126 cm³/mol. The molecule has 0 aliphatic heterocycles. The van der Waals surface area contributed by atoms with E-state index >= 15 is 0 Å². The fourth-order valence-electron chi connectivity index (χ4n) is 3.25. The Labute approximate surface area is 193 Å². The zero-order chi connectivity index (χ0) is 23.8. The first-order valence-electron chi connectivity index (χ1n) is 10.7. The lowest BCUT2D eigenvalue weighted by atomic mass is 10.0. The van der Waals surface area contributed by atoms with Gasteiger partial charge in [-0.2, -0.15) is 0 Å². The van der Waals surface area contributed by atoms with Crippen LogP contribution in [0.2, 0.25) is 0 Å². The number of carbonyl (C=O) groups is 2. The number of rotatable bonds is 8. The molecule has 0 saturated heterocycles. The number of carbonyl (C=O) groups excluding carboxylic acids is 2. The molecule has 0 bridgehead atoms. The summed E-state index contributed by atoms with van der Waals surface area (Å²) in [4.78, 5) is 29.3. The summed E-state index contributed by atoms with van der Waals surface area (Å²) in [6.45, 7) is 5.21. The average Bonchev–Trinajstić information content (AvgIpc) is 2.77. The third kappa shape index (κ3) is 7.80. The van der Waals surface area contributed by atoms with Crippen molar-refractivity contribution in [2.45, 2.75) is 38.8 Å². The van der Waals surface area contributed by atoms with Crippen molar-refractivity contribution in [1.29, 1.82) is 0 Å². The number of pyridine rings is 1. The minimum Gasteiger partial charge on any atom is -0.459 e. The molecule has 1 heterocycles. The summed E-state index contributed by atoms with van der Waals surface area (Å²) in [7, 11) is 0. The summed E-state index contributed by atoms with van der Waals surface area (Å²) in [5.74, 6) is -1.12. The average molecular weight is 450 g/mol. The van der Waals surface area contributed by atoms with E-state index < -0.39 is 17.6 Å². The summed E-state index contributed by atoms with van der Waals surface area (Å²) < 4.78 is 18.6. The van der Waals surface area contributed by atoms with E-state index in [1.807, 2.05) is 30.3 Å². The number of hydrogen-bond acceptors (Lipinski definition) is 5. The molecule has 3 rings (SSSR count). The summed E-state index contributed by atoms with van der Waals surface area (Å²) >= 11 is 0. The van der Waals surface area contributed by atoms with Gasteiger partial charge < -0.3 is 10.1 Å². The van der Waals surface area contributed by atoms with Crippen LogP contribution in [0, 0.1) is 5.82 Å². The van der Waals surface area contributed by atoms with Crippen LogP contribution in [-0.4, -0.2) is 35.0 Å². The zero-order valence-electron chi connectivity index (χ0n) is 19.0. The number of anilines is 1. The van der Waals surface area contributed by atoms with Gasteiger partial charge in [-0.05, 0) is 80.3 Å². The summed E-state index contributed by atoms with van der Waals surface area (Å²) in [5.41, 5.74) is 2.68. The van der Waals surface area contributed by atoms with E-state index in [-0.39, 0.29) is 24.7 Å². The lowest BCUT2D eigenvalue weighted by molar-refractivity contribution is -0.153. The molecule has 2 aromatic carbocycles. The maximum absolute atomic E-state index is 13.3. The molecule has 0 saturated carbocycles. The predicted octanol–water partition coefficient (Wildman–Crippen LogP) is 4.37. The maximum atomic E-state index is 13.3. The van der Waals surface area contributed by atoms with E-state index in [4.69, 9.17) is 4.74 Å². The molecule has 0 aliphatic rings. The highest BCUT2D eigenvalue weighted by molar-refractivity contribution is 5.96. The topological polar surface area (TPSA) is 80.3 Å². The Hall–Kier alpha value is -3.58. The SMILES string of the molecule is CC(C)(C)OC(=O)CNC(Cc1ccc(F)cc1)C(=O)Nc1cccc(-c2ccncc2)c1. The number of nitrogens with zero attached hydrogens (tertiary/aromatic N) is 1. The van der Waals surface area contributed by atoms with Crippen molar-refractivity contribution < 1.29 is 18.7 Å². The van der Waals surface area contributed by atoms with Crippen LogP contribution in [0.25, 0.3) is 11.1 Å². The van der Waals surface area contributed by atoms with Crippen molar-refractivity contribution in [1.82, 2.24) is 10.3 Å². The quantitative estimate of drug-likeness (QED) is 0.499. The molecule has 6 nitrogen and oxygen atoms in total. The third-order valence-corrected chi connectivity index (χ3v) is 4.73. The second-order valence-electron chi connectivity index (χ2n) is 8.66. The van der Waals surface area contributed by atoms with Crippen molar-refractivity contribution in [3.05, 3.63) is 84.4 Å². The third-order valence-electron chi connectivity index (χ3n) is 4.73. The Morgan fingerprint density at radius 3 is 2.36 bits per heavy atom. The zero-order valence-corrected chi connectivity index (χ0v) is 19.0. The highest BCUT2D eigenvalue weighted by atomic mass is 19.1. The van der Waals surface area contributed by atoms with Crippen LogP contribution < -0.4 is 10.6 Å². The van der Waals surface area contributed by atoms with Crippen LogP contribution in [0.4, 0.5) is 10.1 Å². The molecule has 1 atom stereocenters. The molecule has 0 radical (unpaired) electrons. The van der Waals surface area contributed by atoms with Crippen LogP contribution >= 0.6 is 0 Å². The van der Waals surface area contributed by atoms with Gasteiger partial charge in [-0.1, -0.05) is 24.3 Å². The normalized spacial score (nSPS) is 12.1.